The first-order chi connectivity index (χ1) is 14.0. The number of carboxylic acids is 1. The minimum Gasteiger partial charge on any atom is -0.478 e. The molecule has 0 radical (unpaired) electrons. The van der Waals surface area contributed by atoms with Crippen LogP contribution in [0.2, 0.25) is 5.02 Å². The maximum Gasteiger partial charge on any atom is 0.337 e. The van der Waals surface area contributed by atoms with E-state index in [-0.39, 0.29) is 28.1 Å². The molecular weight excluding hydrogens is 386 g/mol. The molecule has 0 saturated heterocycles. The normalized spacial score (nSPS) is 11.7. The molecule has 0 aliphatic heterocycles. The van der Waals surface area contributed by atoms with E-state index in [1.807, 2.05) is 67.6 Å². The predicted molar refractivity (Wildman–Crippen MR) is 115 cm³/mol. The van der Waals surface area contributed by atoms with Gasteiger partial charge in [0.2, 0.25) is 0 Å². The summed E-state index contributed by atoms with van der Waals surface area (Å²) in [4.78, 5) is 24.9. The van der Waals surface area contributed by atoms with Crippen molar-refractivity contribution >= 4 is 23.5 Å². The second kappa shape index (κ2) is 9.39. The standard InChI is InChI=1S/C24H22ClNO3/c1-2-9-20(17-12-7-4-8-13-17)26-23(27)19-15-14-18(16-10-5-3-6-11-16)21(22(19)25)24(28)29/h3-8,10-15,20H,2,9H2,1H3,(H,26,27)(H,28,29)/t20-/m0/s1. The van der Waals surface area contributed by atoms with E-state index in [2.05, 4.69) is 5.32 Å². The second-order valence-electron chi connectivity index (χ2n) is 6.75. The fraction of sp³-hybridized carbons (Fsp3) is 0.167. The number of carboxylic acid groups (broad SMARTS) is 1. The molecule has 2 N–H and O–H groups in total. The third kappa shape index (κ3) is 4.66. The van der Waals surface area contributed by atoms with Gasteiger partial charge in [0, 0.05) is 0 Å². The van der Waals surface area contributed by atoms with Gasteiger partial charge < -0.3 is 10.4 Å². The van der Waals surface area contributed by atoms with Gasteiger partial charge in [-0.15, -0.1) is 0 Å². The Labute approximate surface area is 175 Å². The topological polar surface area (TPSA) is 66.4 Å². The maximum atomic E-state index is 13.0. The molecule has 0 unspecified atom stereocenters. The molecule has 1 atom stereocenters. The van der Waals surface area contributed by atoms with Crippen LogP contribution in [0, 0.1) is 0 Å². The first kappa shape index (κ1) is 20.6. The molecule has 148 valence electrons. The fourth-order valence-corrected chi connectivity index (χ4v) is 3.68. The van der Waals surface area contributed by atoms with Crippen LogP contribution in [0.15, 0.2) is 72.8 Å². The van der Waals surface area contributed by atoms with Gasteiger partial charge in [-0.1, -0.05) is 91.7 Å². The molecule has 1 amide bonds. The average molecular weight is 408 g/mol. The highest BCUT2D eigenvalue weighted by Crippen LogP contribution is 2.32. The highest BCUT2D eigenvalue weighted by atomic mass is 35.5. The van der Waals surface area contributed by atoms with Gasteiger partial charge in [0.15, 0.2) is 0 Å². The number of carbonyl (C=O) groups excluding carboxylic acids is 1. The Morgan fingerprint density at radius 3 is 2.17 bits per heavy atom. The number of carbonyl (C=O) groups is 2. The molecule has 0 fully saturated rings. The Hall–Kier alpha value is -3.11. The molecule has 4 nitrogen and oxygen atoms in total. The zero-order chi connectivity index (χ0) is 20.8. The Bertz CT molecular complexity index is 1000. The highest BCUT2D eigenvalue weighted by molar-refractivity contribution is 6.37. The summed E-state index contributed by atoms with van der Waals surface area (Å²) in [6, 6.07) is 21.9. The summed E-state index contributed by atoms with van der Waals surface area (Å²) in [5.74, 6) is -1.56. The van der Waals surface area contributed by atoms with Crippen LogP contribution >= 0.6 is 11.6 Å². The third-order valence-corrected chi connectivity index (χ3v) is 5.16. The molecule has 0 aromatic heterocycles. The quantitative estimate of drug-likeness (QED) is 0.506. The highest BCUT2D eigenvalue weighted by Gasteiger charge is 2.23. The molecular formula is C24H22ClNO3. The van der Waals surface area contributed by atoms with Crippen LogP contribution in [-0.4, -0.2) is 17.0 Å². The summed E-state index contributed by atoms with van der Waals surface area (Å²) in [6.07, 6.45) is 1.65. The first-order valence-electron chi connectivity index (χ1n) is 9.50. The van der Waals surface area contributed by atoms with Crippen molar-refractivity contribution in [1.82, 2.24) is 5.32 Å². The van der Waals surface area contributed by atoms with Crippen LogP contribution in [0.3, 0.4) is 0 Å². The van der Waals surface area contributed by atoms with Gasteiger partial charge >= 0.3 is 5.97 Å². The van der Waals surface area contributed by atoms with E-state index in [9.17, 15) is 14.7 Å². The monoisotopic (exact) mass is 407 g/mol. The van der Waals surface area contributed by atoms with E-state index < -0.39 is 5.97 Å². The zero-order valence-corrected chi connectivity index (χ0v) is 16.8. The van der Waals surface area contributed by atoms with Crippen molar-refractivity contribution in [3.05, 3.63) is 94.5 Å². The summed E-state index contributed by atoms with van der Waals surface area (Å²) in [5.41, 5.74) is 2.29. The Morgan fingerprint density at radius 1 is 0.966 bits per heavy atom. The minimum atomic E-state index is -1.17. The van der Waals surface area contributed by atoms with E-state index in [0.717, 1.165) is 24.0 Å². The molecule has 0 aliphatic carbocycles. The second-order valence-corrected chi connectivity index (χ2v) is 7.12. The Morgan fingerprint density at radius 2 is 1.59 bits per heavy atom. The van der Waals surface area contributed by atoms with Gasteiger partial charge in [-0.2, -0.15) is 0 Å². The van der Waals surface area contributed by atoms with Crippen molar-refractivity contribution in [2.24, 2.45) is 0 Å². The average Bonchev–Trinajstić information content (AvgIpc) is 2.74. The molecule has 0 aliphatic rings. The number of halogens is 1. The lowest BCUT2D eigenvalue weighted by atomic mass is 9.96. The van der Waals surface area contributed by atoms with E-state index in [0.29, 0.717) is 5.56 Å². The van der Waals surface area contributed by atoms with Gasteiger partial charge in [-0.25, -0.2) is 4.79 Å². The zero-order valence-electron chi connectivity index (χ0n) is 16.1. The molecule has 3 aromatic rings. The molecule has 3 aromatic carbocycles. The summed E-state index contributed by atoms with van der Waals surface area (Å²) in [5, 5.41) is 12.7. The first-order valence-corrected chi connectivity index (χ1v) is 9.87. The van der Waals surface area contributed by atoms with E-state index in [4.69, 9.17) is 11.6 Å². The number of nitrogens with one attached hydrogen (secondary N) is 1. The molecule has 3 rings (SSSR count). The van der Waals surface area contributed by atoms with Crippen molar-refractivity contribution in [3.8, 4) is 11.1 Å². The van der Waals surface area contributed by atoms with E-state index in [1.54, 1.807) is 12.1 Å². The molecule has 5 heteroatoms. The Balaban J connectivity index is 1.97. The number of rotatable bonds is 7. The lowest BCUT2D eigenvalue weighted by Gasteiger charge is -2.20. The largest absolute Gasteiger partial charge is 0.478 e. The van der Waals surface area contributed by atoms with Gasteiger partial charge in [0.1, 0.15) is 0 Å². The summed E-state index contributed by atoms with van der Waals surface area (Å²) in [6.45, 7) is 2.05. The number of benzene rings is 3. The molecule has 0 heterocycles. The van der Waals surface area contributed by atoms with Crippen molar-refractivity contribution in [1.29, 1.82) is 0 Å². The maximum absolute atomic E-state index is 13.0. The Kier molecular flexibility index (Phi) is 6.68. The lowest BCUT2D eigenvalue weighted by Crippen LogP contribution is -2.29. The van der Waals surface area contributed by atoms with Crippen LogP contribution in [0.5, 0.6) is 0 Å². The molecule has 0 saturated carbocycles. The van der Waals surface area contributed by atoms with Crippen molar-refractivity contribution in [2.45, 2.75) is 25.8 Å². The summed E-state index contributed by atoms with van der Waals surface area (Å²) in [7, 11) is 0. The fourth-order valence-electron chi connectivity index (χ4n) is 3.35. The van der Waals surface area contributed by atoms with Crippen LogP contribution < -0.4 is 5.32 Å². The van der Waals surface area contributed by atoms with E-state index in [1.165, 1.54) is 0 Å². The number of hydrogen-bond acceptors (Lipinski definition) is 2. The smallest absolute Gasteiger partial charge is 0.337 e. The lowest BCUT2D eigenvalue weighted by molar-refractivity contribution is 0.0698. The SMILES string of the molecule is CCC[C@H](NC(=O)c1ccc(-c2ccccc2)c(C(=O)O)c1Cl)c1ccccc1. The van der Waals surface area contributed by atoms with Crippen LogP contribution in [0.1, 0.15) is 52.1 Å². The van der Waals surface area contributed by atoms with Gasteiger partial charge in [0.05, 0.1) is 22.2 Å². The third-order valence-electron chi connectivity index (χ3n) is 4.77. The van der Waals surface area contributed by atoms with Gasteiger partial charge in [-0.3, -0.25) is 4.79 Å². The van der Waals surface area contributed by atoms with Crippen molar-refractivity contribution in [3.63, 3.8) is 0 Å². The summed E-state index contributed by atoms with van der Waals surface area (Å²) >= 11 is 6.42. The van der Waals surface area contributed by atoms with Crippen LogP contribution in [0.4, 0.5) is 0 Å². The number of amides is 1. The molecule has 29 heavy (non-hydrogen) atoms. The summed E-state index contributed by atoms with van der Waals surface area (Å²) < 4.78 is 0. The van der Waals surface area contributed by atoms with Gasteiger partial charge in [-0.05, 0) is 29.2 Å². The number of aromatic carboxylic acids is 1. The number of hydrogen-bond donors (Lipinski definition) is 2. The minimum absolute atomic E-state index is 0.0559. The predicted octanol–water partition coefficient (Wildman–Crippen LogP) is 5.98. The van der Waals surface area contributed by atoms with Crippen LogP contribution in [0.25, 0.3) is 11.1 Å². The molecule has 0 spiro atoms. The van der Waals surface area contributed by atoms with Crippen molar-refractivity contribution < 1.29 is 14.7 Å². The van der Waals surface area contributed by atoms with Gasteiger partial charge in [0.25, 0.3) is 5.91 Å². The van der Waals surface area contributed by atoms with Crippen molar-refractivity contribution in [2.75, 3.05) is 0 Å². The van der Waals surface area contributed by atoms with Crippen LogP contribution in [-0.2, 0) is 0 Å². The van der Waals surface area contributed by atoms with E-state index >= 15 is 0 Å². The molecule has 0 bridgehead atoms.